The summed E-state index contributed by atoms with van der Waals surface area (Å²) in [6.45, 7) is 2.30. The van der Waals surface area contributed by atoms with Crippen molar-refractivity contribution in [1.82, 2.24) is 0 Å². The maximum atomic E-state index is 11.5. The Bertz CT molecular complexity index is 337. The molecule has 0 amide bonds. The molecule has 0 heterocycles. The van der Waals surface area contributed by atoms with Gasteiger partial charge < -0.3 is 9.42 Å². The zero-order valence-corrected chi connectivity index (χ0v) is 10.5. The van der Waals surface area contributed by atoms with Crippen molar-refractivity contribution >= 4 is 7.60 Å². The first kappa shape index (κ1) is 13.4. The van der Waals surface area contributed by atoms with Crippen LogP contribution >= 0.6 is 7.60 Å². The molecule has 0 aliphatic heterocycles. The zero-order valence-electron chi connectivity index (χ0n) is 9.63. The van der Waals surface area contributed by atoms with Gasteiger partial charge in [-0.3, -0.25) is 4.57 Å². The van der Waals surface area contributed by atoms with Crippen LogP contribution in [0.25, 0.3) is 0 Å². The van der Waals surface area contributed by atoms with Crippen LogP contribution in [0.15, 0.2) is 30.3 Å². The van der Waals surface area contributed by atoms with Crippen molar-refractivity contribution < 1.29 is 14.0 Å². The summed E-state index contributed by atoms with van der Waals surface area (Å²) in [6, 6.07) is 9.81. The van der Waals surface area contributed by atoms with Crippen LogP contribution in [0.1, 0.15) is 25.3 Å². The van der Waals surface area contributed by atoms with Crippen LogP contribution in [0.2, 0.25) is 0 Å². The maximum absolute atomic E-state index is 11.5. The monoisotopic (exact) mass is 242 g/mol. The number of hydrogen-bond acceptors (Lipinski definition) is 2. The number of unbranched alkanes of at least 4 members (excludes halogenated alkanes) is 1. The molecule has 1 aromatic rings. The normalized spacial score (nSPS) is 14.6. The fraction of sp³-hybridized carbons (Fsp3) is 0.500. The minimum absolute atomic E-state index is 0.262. The molecule has 0 saturated carbocycles. The second-order valence-corrected chi connectivity index (χ2v) is 5.76. The standard InChI is InChI=1S/C12H19O3P/c1-2-3-11-16(13,14)15-10-9-12-7-5-4-6-8-12/h4-8H,2-3,9-11H2,1H3,(H,13,14). The van der Waals surface area contributed by atoms with E-state index in [1.54, 1.807) is 0 Å². The van der Waals surface area contributed by atoms with Gasteiger partial charge in [0.2, 0.25) is 0 Å². The molecule has 0 aromatic heterocycles. The Labute approximate surface area is 97.0 Å². The quantitative estimate of drug-likeness (QED) is 0.747. The van der Waals surface area contributed by atoms with Gasteiger partial charge in [-0.05, 0) is 18.4 Å². The third kappa shape index (κ3) is 5.45. The first-order valence-electron chi connectivity index (χ1n) is 5.64. The van der Waals surface area contributed by atoms with Gasteiger partial charge in [0, 0.05) is 6.16 Å². The van der Waals surface area contributed by atoms with E-state index >= 15 is 0 Å². The number of rotatable bonds is 7. The van der Waals surface area contributed by atoms with Gasteiger partial charge in [0.05, 0.1) is 6.61 Å². The third-order valence-corrected chi connectivity index (χ3v) is 3.79. The highest BCUT2D eigenvalue weighted by Gasteiger charge is 2.17. The lowest BCUT2D eigenvalue weighted by atomic mass is 10.2. The highest BCUT2D eigenvalue weighted by atomic mass is 31.2. The highest BCUT2D eigenvalue weighted by molar-refractivity contribution is 7.52. The van der Waals surface area contributed by atoms with E-state index < -0.39 is 7.60 Å². The minimum Gasteiger partial charge on any atom is -0.324 e. The van der Waals surface area contributed by atoms with Crippen LogP contribution in [0, 0.1) is 0 Å². The van der Waals surface area contributed by atoms with Crippen molar-refractivity contribution in [2.45, 2.75) is 26.2 Å². The Kier molecular flexibility index (Phi) is 5.75. The second-order valence-electron chi connectivity index (χ2n) is 3.78. The molecular formula is C12H19O3P. The molecule has 0 aliphatic rings. The minimum atomic E-state index is -3.35. The summed E-state index contributed by atoms with van der Waals surface area (Å²) in [5, 5.41) is 0. The molecule has 0 spiro atoms. The van der Waals surface area contributed by atoms with Gasteiger partial charge in [-0.2, -0.15) is 0 Å². The molecule has 16 heavy (non-hydrogen) atoms. The molecule has 0 aliphatic carbocycles. The number of benzene rings is 1. The van der Waals surface area contributed by atoms with Gasteiger partial charge in [-0.15, -0.1) is 0 Å². The van der Waals surface area contributed by atoms with E-state index in [-0.39, 0.29) is 6.16 Å². The Morgan fingerprint density at radius 1 is 1.31 bits per heavy atom. The first-order chi connectivity index (χ1) is 7.64. The predicted octanol–water partition coefficient (Wildman–Crippen LogP) is 3.23. The molecular weight excluding hydrogens is 223 g/mol. The Hall–Kier alpha value is -0.630. The van der Waals surface area contributed by atoms with Gasteiger partial charge in [-0.25, -0.2) is 0 Å². The molecule has 0 bridgehead atoms. The van der Waals surface area contributed by atoms with Crippen LogP contribution < -0.4 is 0 Å². The molecule has 1 atom stereocenters. The van der Waals surface area contributed by atoms with E-state index in [2.05, 4.69) is 0 Å². The zero-order chi connectivity index (χ0) is 11.9. The van der Waals surface area contributed by atoms with Gasteiger partial charge in [0.15, 0.2) is 0 Å². The topological polar surface area (TPSA) is 46.5 Å². The van der Waals surface area contributed by atoms with Crippen LogP contribution in [-0.4, -0.2) is 17.7 Å². The Morgan fingerprint density at radius 3 is 2.62 bits per heavy atom. The number of hydrogen-bond donors (Lipinski definition) is 1. The lowest BCUT2D eigenvalue weighted by Gasteiger charge is -2.11. The molecule has 0 radical (unpaired) electrons. The van der Waals surface area contributed by atoms with E-state index in [0.29, 0.717) is 13.0 Å². The van der Waals surface area contributed by atoms with Crippen molar-refractivity contribution in [3.05, 3.63) is 35.9 Å². The van der Waals surface area contributed by atoms with Gasteiger partial charge >= 0.3 is 7.60 Å². The molecule has 0 fully saturated rings. The SMILES string of the molecule is CCCCP(=O)(O)OCCc1ccccc1. The average Bonchev–Trinajstić information content (AvgIpc) is 2.28. The lowest BCUT2D eigenvalue weighted by molar-refractivity contribution is 0.262. The van der Waals surface area contributed by atoms with Crippen LogP contribution in [0.5, 0.6) is 0 Å². The molecule has 1 rings (SSSR count). The summed E-state index contributed by atoms with van der Waals surface area (Å²) < 4.78 is 16.5. The average molecular weight is 242 g/mol. The van der Waals surface area contributed by atoms with E-state index in [1.165, 1.54) is 0 Å². The Morgan fingerprint density at radius 2 is 2.00 bits per heavy atom. The van der Waals surface area contributed by atoms with E-state index in [4.69, 9.17) is 4.52 Å². The summed E-state index contributed by atoms with van der Waals surface area (Å²) in [4.78, 5) is 9.46. The fourth-order valence-electron chi connectivity index (χ4n) is 1.37. The van der Waals surface area contributed by atoms with E-state index in [0.717, 1.165) is 18.4 Å². The second kappa shape index (κ2) is 6.85. The van der Waals surface area contributed by atoms with Crippen LogP contribution in [0.3, 0.4) is 0 Å². The largest absolute Gasteiger partial charge is 0.328 e. The van der Waals surface area contributed by atoms with Crippen LogP contribution in [0.4, 0.5) is 0 Å². The maximum Gasteiger partial charge on any atom is 0.328 e. The lowest BCUT2D eigenvalue weighted by Crippen LogP contribution is -1.99. The summed E-state index contributed by atoms with van der Waals surface area (Å²) in [6.07, 6.45) is 2.58. The predicted molar refractivity (Wildman–Crippen MR) is 65.7 cm³/mol. The summed E-state index contributed by atoms with van der Waals surface area (Å²) in [5.41, 5.74) is 1.12. The van der Waals surface area contributed by atoms with Crippen molar-refractivity contribution in [3.63, 3.8) is 0 Å². The van der Waals surface area contributed by atoms with E-state index in [9.17, 15) is 9.46 Å². The van der Waals surface area contributed by atoms with Gasteiger partial charge in [0.25, 0.3) is 0 Å². The highest BCUT2D eigenvalue weighted by Crippen LogP contribution is 2.42. The first-order valence-corrected chi connectivity index (χ1v) is 7.40. The van der Waals surface area contributed by atoms with Crippen molar-refractivity contribution in [1.29, 1.82) is 0 Å². The van der Waals surface area contributed by atoms with Crippen molar-refractivity contribution in [3.8, 4) is 0 Å². The summed E-state index contributed by atoms with van der Waals surface area (Å²) >= 11 is 0. The summed E-state index contributed by atoms with van der Waals surface area (Å²) in [7, 11) is -3.35. The van der Waals surface area contributed by atoms with Crippen molar-refractivity contribution in [2.75, 3.05) is 12.8 Å². The molecule has 3 nitrogen and oxygen atoms in total. The van der Waals surface area contributed by atoms with Gasteiger partial charge in [0.1, 0.15) is 0 Å². The third-order valence-electron chi connectivity index (χ3n) is 2.32. The Balaban J connectivity index is 2.27. The molecule has 1 unspecified atom stereocenters. The fourth-order valence-corrected chi connectivity index (χ4v) is 2.59. The molecule has 1 aromatic carbocycles. The molecule has 1 N–H and O–H groups in total. The molecule has 90 valence electrons. The molecule has 4 heteroatoms. The van der Waals surface area contributed by atoms with Gasteiger partial charge in [-0.1, -0.05) is 43.7 Å². The smallest absolute Gasteiger partial charge is 0.324 e. The van der Waals surface area contributed by atoms with E-state index in [1.807, 2.05) is 37.3 Å². The molecule has 0 saturated heterocycles. The summed E-state index contributed by atoms with van der Waals surface area (Å²) in [5.74, 6) is 0. The van der Waals surface area contributed by atoms with Crippen molar-refractivity contribution in [2.24, 2.45) is 0 Å². The van der Waals surface area contributed by atoms with Crippen LogP contribution in [-0.2, 0) is 15.5 Å².